The monoisotopic (exact) mass is 290 g/mol. The van der Waals surface area contributed by atoms with Crippen molar-refractivity contribution < 1.29 is 4.79 Å². The van der Waals surface area contributed by atoms with E-state index in [9.17, 15) is 4.79 Å². The molecule has 0 aromatic carbocycles. The second-order valence-electron chi connectivity index (χ2n) is 3.79. The van der Waals surface area contributed by atoms with Gasteiger partial charge >= 0.3 is 0 Å². The van der Waals surface area contributed by atoms with Gasteiger partial charge in [-0.2, -0.15) is 0 Å². The lowest BCUT2D eigenvalue weighted by Gasteiger charge is -1.98. The van der Waals surface area contributed by atoms with E-state index in [4.69, 9.17) is 0 Å². The van der Waals surface area contributed by atoms with E-state index in [1.165, 1.54) is 22.7 Å². The highest BCUT2D eigenvalue weighted by Gasteiger charge is 2.16. The fraction of sp³-hybridized carbons (Fsp3) is 0.0833. The van der Waals surface area contributed by atoms with Crippen LogP contribution >= 0.6 is 22.7 Å². The Morgan fingerprint density at radius 2 is 2.16 bits per heavy atom. The van der Waals surface area contributed by atoms with Crippen LogP contribution in [0.1, 0.15) is 15.4 Å². The predicted molar refractivity (Wildman–Crippen MR) is 76.2 cm³/mol. The molecule has 96 valence electrons. The van der Waals surface area contributed by atoms with Crippen LogP contribution in [-0.2, 0) is 0 Å². The van der Waals surface area contributed by atoms with Gasteiger partial charge in [0.2, 0.25) is 0 Å². The number of carbonyl (C=O) groups is 1. The fourth-order valence-electron chi connectivity index (χ4n) is 1.60. The Morgan fingerprint density at radius 3 is 2.84 bits per heavy atom. The highest BCUT2D eigenvalue weighted by molar-refractivity contribution is 7.16. The van der Waals surface area contributed by atoms with Crippen LogP contribution < -0.4 is 5.32 Å². The van der Waals surface area contributed by atoms with E-state index in [0.29, 0.717) is 10.0 Å². The van der Waals surface area contributed by atoms with Crippen LogP contribution in [0.25, 0.3) is 5.13 Å². The molecule has 0 spiro atoms. The Bertz CT molecular complexity index is 685. The molecule has 3 rings (SSSR count). The summed E-state index contributed by atoms with van der Waals surface area (Å²) < 4.78 is 1.89. The van der Waals surface area contributed by atoms with Crippen molar-refractivity contribution in [2.75, 3.05) is 5.32 Å². The number of anilines is 1. The van der Waals surface area contributed by atoms with Gasteiger partial charge in [-0.05, 0) is 19.1 Å². The van der Waals surface area contributed by atoms with Gasteiger partial charge in [-0.3, -0.25) is 10.1 Å². The van der Waals surface area contributed by atoms with Crippen molar-refractivity contribution in [3.05, 3.63) is 46.7 Å². The lowest BCUT2D eigenvalue weighted by atomic mass is 10.4. The van der Waals surface area contributed by atoms with Gasteiger partial charge in [0.05, 0.1) is 5.69 Å². The first-order valence-electron chi connectivity index (χ1n) is 5.55. The summed E-state index contributed by atoms with van der Waals surface area (Å²) in [7, 11) is 0. The molecule has 5 nitrogen and oxygen atoms in total. The Morgan fingerprint density at radius 1 is 1.37 bits per heavy atom. The van der Waals surface area contributed by atoms with E-state index in [2.05, 4.69) is 15.3 Å². The molecular weight excluding hydrogens is 280 g/mol. The van der Waals surface area contributed by atoms with E-state index >= 15 is 0 Å². The second kappa shape index (κ2) is 4.94. The maximum atomic E-state index is 12.1. The van der Waals surface area contributed by atoms with Crippen LogP contribution in [0.3, 0.4) is 0 Å². The minimum Gasteiger partial charge on any atom is -0.300 e. The number of amides is 1. The number of hydrogen-bond acceptors (Lipinski definition) is 5. The predicted octanol–water partition coefficient (Wildman–Crippen LogP) is 2.95. The molecule has 0 aliphatic rings. The highest BCUT2D eigenvalue weighted by atomic mass is 32.1. The van der Waals surface area contributed by atoms with Gasteiger partial charge in [-0.15, -0.1) is 11.3 Å². The van der Waals surface area contributed by atoms with Gasteiger partial charge in [-0.1, -0.05) is 11.3 Å². The average Bonchev–Trinajstić information content (AvgIpc) is 3.07. The van der Waals surface area contributed by atoms with Crippen LogP contribution in [0.5, 0.6) is 0 Å². The lowest BCUT2D eigenvalue weighted by molar-refractivity contribution is 0.103. The van der Waals surface area contributed by atoms with Gasteiger partial charge in [0, 0.05) is 24.0 Å². The summed E-state index contributed by atoms with van der Waals surface area (Å²) in [4.78, 5) is 21.2. The van der Waals surface area contributed by atoms with Gasteiger partial charge in [-0.25, -0.2) is 9.97 Å². The molecule has 0 aliphatic carbocycles. The normalized spacial score (nSPS) is 10.6. The van der Waals surface area contributed by atoms with Crippen molar-refractivity contribution in [2.45, 2.75) is 6.92 Å². The number of hydrogen-bond donors (Lipinski definition) is 1. The van der Waals surface area contributed by atoms with Crippen molar-refractivity contribution in [3.8, 4) is 5.13 Å². The van der Waals surface area contributed by atoms with Crippen molar-refractivity contribution >= 4 is 33.7 Å². The van der Waals surface area contributed by atoms with E-state index in [0.717, 1.165) is 10.8 Å². The molecule has 0 radical (unpaired) electrons. The molecule has 3 aromatic rings. The third kappa shape index (κ3) is 2.42. The quantitative estimate of drug-likeness (QED) is 0.806. The van der Waals surface area contributed by atoms with Crippen LogP contribution in [0.4, 0.5) is 5.13 Å². The molecule has 0 saturated carbocycles. The minimum atomic E-state index is -0.164. The first-order valence-corrected chi connectivity index (χ1v) is 7.25. The number of aryl methyl sites for hydroxylation is 1. The summed E-state index contributed by atoms with van der Waals surface area (Å²) in [5, 5.41) is 5.97. The topological polar surface area (TPSA) is 59.8 Å². The third-order valence-corrected chi connectivity index (χ3v) is 4.33. The van der Waals surface area contributed by atoms with Gasteiger partial charge in [0.1, 0.15) is 4.88 Å². The first kappa shape index (κ1) is 12.1. The van der Waals surface area contributed by atoms with Crippen molar-refractivity contribution in [1.82, 2.24) is 14.5 Å². The summed E-state index contributed by atoms with van der Waals surface area (Å²) in [6, 6.07) is 3.85. The molecule has 1 amide bonds. The van der Waals surface area contributed by atoms with E-state index in [-0.39, 0.29) is 5.91 Å². The zero-order valence-corrected chi connectivity index (χ0v) is 11.7. The number of nitrogens with one attached hydrogen (secondary N) is 1. The standard InChI is InChI=1S/C12H10N4OS2/c1-8-9(10(17)15-11-13-4-7-18-11)19-12(14-8)16-5-2-3-6-16/h2-7H,1H3,(H,13,15,17). The average molecular weight is 290 g/mol. The van der Waals surface area contributed by atoms with Crippen LogP contribution in [0, 0.1) is 6.92 Å². The number of aromatic nitrogens is 3. The molecule has 0 atom stereocenters. The maximum Gasteiger partial charge on any atom is 0.269 e. The lowest BCUT2D eigenvalue weighted by Crippen LogP contribution is -2.11. The van der Waals surface area contributed by atoms with Gasteiger partial charge in [0.15, 0.2) is 10.3 Å². The Labute approximate surface area is 117 Å². The molecule has 0 unspecified atom stereocenters. The molecule has 7 heteroatoms. The Balaban J connectivity index is 1.87. The first-order chi connectivity index (χ1) is 9.24. The van der Waals surface area contributed by atoms with Crippen molar-refractivity contribution in [2.24, 2.45) is 0 Å². The van der Waals surface area contributed by atoms with E-state index in [1.54, 1.807) is 6.20 Å². The van der Waals surface area contributed by atoms with Crippen molar-refractivity contribution in [1.29, 1.82) is 0 Å². The molecule has 3 aromatic heterocycles. The summed E-state index contributed by atoms with van der Waals surface area (Å²) in [6.45, 7) is 1.83. The third-order valence-electron chi connectivity index (χ3n) is 2.47. The molecule has 0 aliphatic heterocycles. The zero-order valence-electron chi connectivity index (χ0n) is 10.0. The number of nitrogens with zero attached hydrogens (tertiary/aromatic N) is 3. The highest BCUT2D eigenvalue weighted by Crippen LogP contribution is 2.23. The Kier molecular flexibility index (Phi) is 3.14. The van der Waals surface area contributed by atoms with Crippen LogP contribution in [0.15, 0.2) is 36.1 Å². The van der Waals surface area contributed by atoms with Crippen LogP contribution in [0.2, 0.25) is 0 Å². The zero-order chi connectivity index (χ0) is 13.2. The molecule has 1 N–H and O–H groups in total. The SMILES string of the molecule is Cc1nc(-n2cccc2)sc1C(=O)Nc1nccs1. The van der Waals surface area contributed by atoms with E-state index in [1.807, 2.05) is 41.4 Å². The molecule has 19 heavy (non-hydrogen) atoms. The maximum absolute atomic E-state index is 12.1. The van der Waals surface area contributed by atoms with Gasteiger partial charge in [0.25, 0.3) is 5.91 Å². The molecule has 0 bridgehead atoms. The summed E-state index contributed by atoms with van der Waals surface area (Å²) >= 11 is 2.76. The smallest absolute Gasteiger partial charge is 0.269 e. The summed E-state index contributed by atoms with van der Waals surface area (Å²) in [6.07, 6.45) is 5.46. The molecule has 0 saturated heterocycles. The fourth-order valence-corrected chi connectivity index (χ4v) is 3.06. The second-order valence-corrected chi connectivity index (χ2v) is 5.66. The number of carbonyl (C=O) groups excluding carboxylic acids is 1. The summed E-state index contributed by atoms with van der Waals surface area (Å²) in [5.74, 6) is -0.164. The van der Waals surface area contributed by atoms with Crippen molar-refractivity contribution in [3.63, 3.8) is 0 Å². The Hall–Kier alpha value is -1.99. The largest absolute Gasteiger partial charge is 0.300 e. The van der Waals surface area contributed by atoms with E-state index < -0.39 is 0 Å². The minimum absolute atomic E-state index is 0.164. The van der Waals surface area contributed by atoms with Gasteiger partial charge < -0.3 is 4.57 Å². The molecule has 0 fully saturated rings. The molecule has 3 heterocycles. The van der Waals surface area contributed by atoms with Crippen LogP contribution in [-0.4, -0.2) is 20.4 Å². The molecular formula is C12H10N4OS2. The number of thiazole rings is 2. The summed E-state index contributed by atoms with van der Waals surface area (Å²) in [5.41, 5.74) is 0.725. The number of rotatable bonds is 3.